The second-order valence-corrected chi connectivity index (χ2v) is 4.86. The van der Waals surface area contributed by atoms with Crippen LogP contribution in [0.4, 0.5) is 0 Å². The van der Waals surface area contributed by atoms with Gasteiger partial charge in [-0.3, -0.25) is 4.90 Å². The molecule has 1 saturated heterocycles. The lowest BCUT2D eigenvalue weighted by Crippen LogP contribution is -2.58. The van der Waals surface area contributed by atoms with E-state index < -0.39 is 0 Å². The molecule has 0 amide bonds. The van der Waals surface area contributed by atoms with Crippen molar-refractivity contribution in [2.45, 2.75) is 57.1 Å². The summed E-state index contributed by atoms with van der Waals surface area (Å²) < 4.78 is 0. The van der Waals surface area contributed by atoms with Crippen molar-refractivity contribution in [2.75, 3.05) is 13.1 Å². The number of aliphatic hydroxyl groups is 1. The van der Waals surface area contributed by atoms with Crippen molar-refractivity contribution in [2.24, 2.45) is 0 Å². The van der Waals surface area contributed by atoms with Crippen LogP contribution >= 0.6 is 0 Å². The first-order valence-corrected chi connectivity index (χ1v) is 5.66. The number of hydrogen-bond donors (Lipinski definition) is 1. The molecule has 1 aliphatic carbocycles. The lowest BCUT2D eigenvalue weighted by molar-refractivity contribution is -0.102. The highest BCUT2D eigenvalue weighted by Gasteiger charge is 2.44. The summed E-state index contributed by atoms with van der Waals surface area (Å²) in [5, 5.41) is 9.98. The molecule has 76 valence electrons. The highest BCUT2D eigenvalue weighted by molar-refractivity contribution is 4.99. The lowest BCUT2D eigenvalue weighted by atomic mass is 9.75. The molecule has 0 radical (unpaired) electrons. The molecule has 0 spiro atoms. The molecule has 2 atom stereocenters. The molecule has 0 unspecified atom stereocenters. The molecule has 2 fully saturated rings. The summed E-state index contributed by atoms with van der Waals surface area (Å²) in [6.07, 6.45) is 7.61. The Hall–Kier alpha value is -0.0800. The van der Waals surface area contributed by atoms with Gasteiger partial charge in [-0.15, -0.1) is 0 Å². The van der Waals surface area contributed by atoms with Crippen molar-refractivity contribution in [1.82, 2.24) is 4.90 Å². The molecule has 13 heavy (non-hydrogen) atoms. The molecule has 2 aliphatic rings. The smallest absolute Gasteiger partial charge is 0.0774 e. The van der Waals surface area contributed by atoms with Gasteiger partial charge in [-0.1, -0.05) is 12.8 Å². The third-order valence-corrected chi connectivity index (χ3v) is 3.72. The summed E-state index contributed by atoms with van der Waals surface area (Å²) in [4.78, 5) is 2.51. The van der Waals surface area contributed by atoms with Crippen molar-refractivity contribution >= 4 is 0 Å². The number of hydrogen-bond acceptors (Lipinski definition) is 2. The Balaban J connectivity index is 1.91. The van der Waals surface area contributed by atoms with Gasteiger partial charge in [0.1, 0.15) is 0 Å². The minimum atomic E-state index is -0.385. The van der Waals surface area contributed by atoms with Crippen LogP contribution in [0.2, 0.25) is 0 Å². The fourth-order valence-electron chi connectivity index (χ4n) is 2.67. The van der Waals surface area contributed by atoms with Crippen LogP contribution in [0, 0.1) is 0 Å². The van der Waals surface area contributed by atoms with Gasteiger partial charge in [-0.05, 0) is 45.7 Å². The highest BCUT2D eigenvalue weighted by atomic mass is 16.3. The zero-order valence-corrected chi connectivity index (χ0v) is 8.63. The minimum absolute atomic E-state index is 0.385. The van der Waals surface area contributed by atoms with E-state index in [1.54, 1.807) is 0 Å². The zero-order chi connectivity index (χ0) is 9.31. The van der Waals surface area contributed by atoms with Crippen molar-refractivity contribution in [1.29, 1.82) is 0 Å². The first kappa shape index (κ1) is 9.47. The predicted molar refractivity (Wildman–Crippen MR) is 53.7 cm³/mol. The van der Waals surface area contributed by atoms with Gasteiger partial charge in [0.15, 0.2) is 0 Å². The predicted octanol–water partition coefficient (Wildman–Crippen LogP) is 1.78. The van der Waals surface area contributed by atoms with Crippen molar-refractivity contribution < 1.29 is 5.11 Å². The average Bonchev–Trinajstić information content (AvgIpc) is 2.31. The summed E-state index contributed by atoms with van der Waals surface area (Å²) >= 11 is 0. The molecule has 1 saturated carbocycles. The van der Waals surface area contributed by atoms with Gasteiger partial charge < -0.3 is 5.11 Å². The van der Waals surface area contributed by atoms with E-state index in [1.165, 1.54) is 45.2 Å². The van der Waals surface area contributed by atoms with Crippen molar-refractivity contribution in [3.8, 4) is 0 Å². The third-order valence-electron chi connectivity index (χ3n) is 3.72. The summed E-state index contributed by atoms with van der Waals surface area (Å²) in [7, 11) is 0. The van der Waals surface area contributed by atoms with E-state index in [0.717, 1.165) is 6.42 Å². The molecule has 1 aliphatic heterocycles. The maximum atomic E-state index is 9.98. The summed E-state index contributed by atoms with van der Waals surface area (Å²) in [6, 6.07) is 0.464. The summed E-state index contributed by atoms with van der Waals surface area (Å²) in [5.41, 5.74) is -0.385. The minimum Gasteiger partial charge on any atom is -0.389 e. The fourth-order valence-corrected chi connectivity index (χ4v) is 2.67. The van der Waals surface area contributed by atoms with E-state index >= 15 is 0 Å². The van der Waals surface area contributed by atoms with Crippen LogP contribution in [0.25, 0.3) is 0 Å². The Morgan fingerprint density at radius 3 is 2.15 bits per heavy atom. The SMILES string of the molecule is C[C@]1(O)CC[C@@H]1N1CCCCCC1. The van der Waals surface area contributed by atoms with Gasteiger partial charge in [-0.2, -0.15) is 0 Å². The monoisotopic (exact) mass is 183 g/mol. The quantitative estimate of drug-likeness (QED) is 0.670. The number of nitrogens with zero attached hydrogens (tertiary/aromatic N) is 1. The lowest BCUT2D eigenvalue weighted by Gasteiger charge is -2.48. The summed E-state index contributed by atoms with van der Waals surface area (Å²) in [6.45, 7) is 4.41. The number of rotatable bonds is 1. The summed E-state index contributed by atoms with van der Waals surface area (Å²) in [5.74, 6) is 0. The highest BCUT2D eigenvalue weighted by Crippen LogP contribution is 2.36. The number of likely N-dealkylation sites (tertiary alicyclic amines) is 1. The Kier molecular flexibility index (Phi) is 2.61. The third kappa shape index (κ3) is 1.89. The average molecular weight is 183 g/mol. The van der Waals surface area contributed by atoms with E-state index in [4.69, 9.17) is 0 Å². The standard InChI is InChI=1S/C11H21NO/c1-11(13)7-6-10(11)12-8-4-2-3-5-9-12/h10,13H,2-9H2,1H3/t10-,11-/m0/s1. The Bertz CT molecular complexity index is 171. The van der Waals surface area contributed by atoms with Crippen LogP contribution in [-0.2, 0) is 0 Å². The van der Waals surface area contributed by atoms with E-state index in [0.29, 0.717) is 6.04 Å². The first-order valence-electron chi connectivity index (χ1n) is 5.66. The molecule has 0 aromatic carbocycles. The second-order valence-electron chi connectivity index (χ2n) is 4.86. The van der Waals surface area contributed by atoms with E-state index in [-0.39, 0.29) is 5.60 Å². The van der Waals surface area contributed by atoms with Gasteiger partial charge in [0.25, 0.3) is 0 Å². The maximum Gasteiger partial charge on any atom is 0.0774 e. The molecular formula is C11H21NO. The first-order chi connectivity index (χ1) is 6.20. The second kappa shape index (κ2) is 3.58. The molecule has 0 aromatic heterocycles. The van der Waals surface area contributed by atoms with E-state index in [9.17, 15) is 5.11 Å². The molecule has 2 nitrogen and oxygen atoms in total. The van der Waals surface area contributed by atoms with E-state index in [2.05, 4.69) is 4.90 Å². The van der Waals surface area contributed by atoms with Gasteiger partial charge in [0.05, 0.1) is 5.60 Å². The van der Waals surface area contributed by atoms with E-state index in [1.807, 2.05) is 6.92 Å². The van der Waals surface area contributed by atoms with Gasteiger partial charge in [0.2, 0.25) is 0 Å². The van der Waals surface area contributed by atoms with Crippen molar-refractivity contribution in [3.05, 3.63) is 0 Å². The van der Waals surface area contributed by atoms with Crippen LogP contribution in [0.15, 0.2) is 0 Å². The Morgan fingerprint density at radius 2 is 1.77 bits per heavy atom. The normalized spacial score (nSPS) is 42.5. The molecule has 0 bridgehead atoms. The van der Waals surface area contributed by atoms with Crippen LogP contribution in [0.1, 0.15) is 45.4 Å². The van der Waals surface area contributed by atoms with Gasteiger partial charge in [0, 0.05) is 6.04 Å². The maximum absolute atomic E-state index is 9.98. The van der Waals surface area contributed by atoms with Gasteiger partial charge in [-0.25, -0.2) is 0 Å². The molecule has 1 N–H and O–H groups in total. The molecule has 0 aromatic rings. The molecular weight excluding hydrogens is 162 g/mol. The van der Waals surface area contributed by atoms with Crippen LogP contribution in [-0.4, -0.2) is 34.7 Å². The van der Waals surface area contributed by atoms with Crippen LogP contribution in [0.3, 0.4) is 0 Å². The Labute approximate surface area is 80.9 Å². The molecule has 1 heterocycles. The molecule has 2 heteroatoms. The van der Waals surface area contributed by atoms with Crippen LogP contribution in [0.5, 0.6) is 0 Å². The largest absolute Gasteiger partial charge is 0.389 e. The zero-order valence-electron chi connectivity index (χ0n) is 8.63. The molecule has 2 rings (SSSR count). The topological polar surface area (TPSA) is 23.5 Å². The van der Waals surface area contributed by atoms with Gasteiger partial charge >= 0.3 is 0 Å². The van der Waals surface area contributed by atoms with Crippen LogP contribution < -0.4 is 0 Å². The fraction of sp³-hybridized carbons (Fsp3) is 1.00. The van der Waals surface area contributed by atoms with Crippen molar-refractivity contribution in [3.63, 3.8) is 0 Å². The Morgan fingerprint density at radius 1 is 1.15 bits per heavy atom.